The molecule has 2 rings (SSSR count). The Labute approximate surface area is 112 Å². The molecule has 0 saturated heterocycles. The van der Waals surface area contributed by atoms with Gasteiger partial charge in [-0.1, -0.05) is 6.92 Å². The van der Waals surface area contributed by atoms with Crippen LogP contribution in [0.2, 0.25) is 0 Å². The van der Waals surface area contributed by atoms with Gasteiger partial charge in [-0.25, -0.2) is 9.07 Å². The average molecular weight is 262 g/mol. The SMILES string of the molecule is CCc1c(C)nn(-c2ccc(F)cc2[C@H](C)O)c1C. The Balaban J connectivity index is 2.65. The molecular formula is C15H19FN2O. The topological polar surface area (TPSA) is 38.0 Å². The van der Waals surface area contributed by atoms with E-state index in [9.17, 15) is 9.50 Å². The molecule has 1 heterocycles. The molecule has 1 aromatic heterocycles. The zero-order valence-electron chi connectivity index (χ0n) is 11.7. The van der Waals surface area contributed by atoms with E-state index in [0.717, 1.165) is 23.5 Å². The third kappa shape index (κ3) is 2.40. The van der Waals surface area contributed by atoms with Gasteiger partial charge in [-0.05, 0) is 51.0 Å². The van der Waals surface area contributed by atoms with Gasteiger partial charge < -0.3 is 5.11 Å². The summed E-state index contributed by atoms with van der Waals surface area (Å²) in [5.74, 6) is -0.350. The van der Waals surface area contributed by atoms with Crippen molar-refractivity contribution in [2.75, 3.05) is 0 Å². The van der Waals surface area contributed by atoms with Crippen molar-refractivity contribution in [3.05, 3.63) is 46.5 Å². The third-order valence-electron chi connectivity index (χ3n) is 3.46. The van der Waals surface area contributed by atoms with E-state index in [0.29, 0.717) is 5.56 Å². The minimum absolute atomic E-state index is 0.350. The van der Waals surface area contributed by atoms with E-state index in [-0.39, 0.29) is 5.82 Å². The summed E-state index contributed by atoms with van der Waals surface area (Å²) in [5, 5.41) is 14.3. The molecule has 0 bridgehead atoms. The number of rotatable bonds is 3. The number of aromatic nitrogens is 2. The quantitative estimate of drug-likeness (QED) is 0.922. The third-order valence-corrected chi connectivity index (χ3v) is 3.46. The second kappa shape index (κ2) is 5.13. The van der Waals surface area contributed by atoms with Crippen molar-refractivity contribution < 1.29 is 9.50 Å². The van der Waals surface area contributed by atoms with Crippen LogP contribution in [0.25, 0.3) is 5.69 Å². The van der Waals surface area contributed by atoms with E-state index in [4.69, 9.17) is 0 Å². The molecular weight excluding hydrogens is 243 g/mol. The summed E-state index contributed by atoms with van der Waals surface area (Å²) in [6.45, 7) is 7.67. The lowest BCUT2D eigenvalue weighted by atomic mass is 10.1. The first-order valence-corrected chi connectivity index (χ1v) is 6.48. The van der Waals surface area contributed by atoms with Crippen molar-refractivity contribution in [1.29, 1.82) is 0 Å². The molecule has 1 atom stereocenters. The molecule has 3 nitrogen and oxygen atoms in total. The van der Waals surface area contributed by atoms with Crippen molar-refractivity contribution in [2.24, 2.45) is 0 Å². The molecule has 19 heavy (non-hydrogen) atoms. The van der Waals surface area contributed by atoms with Gasteiger partial charge in [0.25, 0.3) is 0 Å². The second-order valence-electron chi connectivity index (χ2n) is 4.79. The highest BCUT2D eigenvalue weighted by Crippen LogP contribution is 2.25. The second-order valence-corrected chi connectivity index (χ2v) is 4.79. The maximum absolute atomic E-state index is 13.3. The van der Waals surface area contributed by atoms with Gasteiger partial charge >= 0.3 is 0 Å². The van der Waals surface area contributed by atoms with E-state index >= 15 is 0 Å². The Morgan fingerprint density at radius 3 is 2.58 bits per heavy atom. The van der Waals surface area contributed by atoms with Gasteiger partial charge in [-0.15, -0.1) is 0 Å². The number of hydrogen-bond donors (Lipinski definition) is 1. The minimum atomic E-state index is -0.736. The average Bonchev–Trinajstić information content (AvgIpc) is 2.64. The van der Waals surface area contributed by atoms with E-state index in [1.54, 1.807) is 17.7 Å². The molecule has 0 spiro atoms. The lowest BCUT2D eigenvalue weighted by molar-refractivity contribution is 0.198. The molecule has 0 aliphatic carbocycles. The number of aliphatic hydroxyl groups is 1. The molecule has 0 fully saturated rings. The molecule has 0 aliphatic heterocycles. The maximum atomic E-state index is 13.3. The van der Waals surface area contributed by atoms with Crippen LogP contribution in [0.3, 0.4) is 0 Å². The van der Waals surface area contributed by atoms with Crippen LogP contribution in [0.5, 0.6) is 0 Å². The number of benzene rings is 1. The van der Waals surface area contributed by atoms with Gasteiger partial charge in [0.2, 0.25) is 0 Å². The first kappa shape index (κ1) is 13.7. The van der Waals surface area contributed by atoms with Gasteiger partial charge in [0.1, 0.15) is 5.82 Å². The van der Waals surface area contributed by atoms with E-state index in [1.165, 1.54) is 17.7 Å². The lowest BCUT2D eigenvalue weighted by Gasteiger charge is -2.13. The van der Waals surface area contributed by atoms with Crippen molar-refractivity contribution in [1.82, 2.24) is 9.78 Å². The largest absolute Gasteiger partial charge is 0.389 e. The van der Waals surface area contributed by atoms with Gasteiger partial charge in [0.05, 0.1) is 17.5 Å². The van der Waals surface area contributed by atoms with E-state index < -0.39 is 6.10 Å². The van der Waals surface area contributed by atoms with Crippen LogP contribution < -0.4 is 0 Å². The smallest absolute Gasteiger partial charge is 0.123 e. The molecule has 0 radical (unpaired) electrons. The first-order valence-electron chi connectivity index (χ1n) is 6.48. The first-order chi connectivity index (χ1) is 8.95. The Kier molecular flexibility index (Phi) is 3.71. The number of aliphatic hydroxyl groups excluding tert-OH is 1. The number of halogens is 1. The van der Waals surface area contributed by atoms with Crippen LogP contribution in [0.1, 0.15) is 42.5 Å². The van der Waals surface area contributed by atoms with Crippen molar-refractivity contribution in [3.8, 4) is 5.69 Å². The summed E-state index contributed by atoms with van der Waals surface area (Å²) >= 11 is 0. The summed E-state index contributed by atoms with van der Waals surface area (Å²) in [4.78, 5) is 0. The van der Waals surface area contributed by atoms with Crippen LogP contribution in [0, 0.1) is 19.7 Å². The van der Waals surface area contributed by atoms with E-state index in [2.05, 4.69) is 12.0 Å². The summed E-state index contributed by atoms with van der Waals surface area (Å²) in [6, 6.07) is 4.42. The highest BCUT2D eigenvalue weighted by molar-refractivity contribution is 5.45. The number of hydrogen-bond acceptors (Lipinski definition) is 2. The van der Waals surface area contributed by atoms with Gasteiger partial charge in [0.15, 0.2) is 0 Å². The van der Waals surface area contributed by atoms with Crippen LogP contribution in [-0.2, 0) is 6.42 Å². The molecule has 102 valence electrons. The normalized spacial score (nSPS) is 12.7. The highest BCUT2D eigenvalue weighted by atomic mass is 19.1. The molecule has 1 N–H and O–H groups in total. The Hall–Kier alpha value is -1.68. The minimum Gasteiger partial charge on any atom is -0.389 e. The predicted octanol–water partition coefficient (Wildman–Crippen LogP) is 3.24. The summed E-state index contributed by atoms with van der Waals surface area (Å²) in [7, 11) is 0. The Morgan fingerprint density at radius 2 is 2.05 bits per heavy atom. The van der Waals surface area contributed by atoms with Crippen LogP contribution in [0.4, 0.5) is 4.39 Å². The standard InChI is InChI=1S/C15H19FN2O/c1-5-13-9(2)17-18(10(13)3)15-7-6-12(16)8-14(15)11(4)19/h6-8,11,19H,5H2,1-4H3/t11-/m0/s1. The zero-order chi connectivity index (χ0) is 14.2. The number of aryl methyl sites for hydroxylation is 1. The van der Waals surface area contributed by atoms with Crippen LogP contribution in [0.15, 0.2) is 18.2 Å². The fraction of sp³-hybridized carbons (Fsp3) is 0.400. The van der Waals surface area contributed by atoms with Crippen molar-refractivity contribution in [2.45, 2.75) is 40.2 Å². The molecule has 4 heteroatoms. The predicted molar refractivity (Wildman–Crippen MR) is 73.0 cm³/mol. The molecule has 0 unspecified atom stereocenters. The maximum Gasteiger partial charge on any atom is 0.123 e. The molecule has 2 aromatic rings. The summed E-state index contributed by atoms with van der Waals surface area (Å²) < 4.78 is 15.1. The highest BCUT2D eigenvalue weighted by Gasteiger charge is 2.16. The van der Waals surface area contributed by atoms with Gasteiger partial charge in [-0.2, -0.15) is 5.10 Å². The van der Waals surface area contributed by atoms with E-state index in [1.807, 2.05) is 13.8 Å². The van der Waals surface area contributed by atoms with Crippen molar-refractivity contribution >= 4 is 0 Å². The monoisotopic (exact) mass is 262 g/mol. The molecule has 0 saturated carbocycles. The van der Waals surface area contributed by atoms with Gasteiger partial charge in [0, 0.05) is 11.3 Å². The number of nitrogens with zero attached hydrogens (tertiary/aromatic N) is 2. The summed E-state index contributed by atoms with van der Waals surface area (Å²) in [5.41, 5.74) is 4.49. The van der Waals surface area contributed by atoms with Crippen LogP contribution in [-0.4, -0.2) is 14.9 Å². The molecule has 0 amide bonds. The van der Waals surface area contributed by atoms with Crippen LogP contribution >= 0.6 is 0 Å². The Morgan fingerprint density at radius 1 is 1.37 bits per heavy atom. The fourth-order valence-corrected chi connectivity index (χ4v) is 2.47. The molecule has 1 aromatic carbocycles. The fourth-order valence-electron chi connectivity index (χ4n) is 2.47. The Bertz CT molecular complexity index is 602. The lowest BCUT2D eigenvalue weighted by Crippen LogP contribution is -2.06. The molecule has 0 aliphatic rings. The van der Waals surface area contributed by atoms with Gasteiger partial charge in [-0.3, -0.25) is 0 Å². The van der Waals surface area contributed by atoms with Crippen molar-refractivity contribution in [3.63, 3.8) is 0 Å². The summed E-state index contributed by atoms with van der Waals surface area (Å²) in [6.07, 6.45) is 0.169. The zero-order valence-corrected chi connectivity index (χ0v) is 11.7.